The van der Waals surface area contributed by atoms with E-state index in [1.807, 2.05) is 0 Å². The van der Waals surface area contributed by atoms with Crippen LogP contribution in [0.3, 0.4) is 0 Å². The highest BCUT2D eigenvalue weighted by Gasteiger charge is 2.35. The topological polar surface area (TPSA) is 89.3 Å². The highest BCUT2D eigenvalue weighted by atomic mass is 32.2. The zero-order valence-electron chi connectivity index (χ0n) is 17.6. The summed E-state index contributed by atoms with van der Waals surface area (Å²) in [5, 5.41) is 12.8. The first-order chi connectivity index (χ1) is 15.9. The fourth-order valence-corrected chi connectivity index (χ4v) is 5.00. The molecule has 0 saturated heterocycles. The maximum Gasteiger partial charge on any atom is 0.435 e. The normalized spacial score (nSPS) is 12.1. The number of carboxylic acids is 1. The summed E-state index contributed by atoms with van der Waals surface area (Å²) in [5.74, 6) is -1.10. The number of hydrogen-bond donors (Lipinski definition) is 1. The Morgan fingerprint density at radius 1 is 1.03 bits per heavy atom. The molecule has 0 aliphatic carbocycles. The van der Waals surface area contributed by atoms with Crippen molar-refractivity contribution in [3.63, 3.8) is 0 Å². The molecule has 176 valence electrons. The van der Waals surface area contributed by atoms with Crippen molar-refractivity contribution in [3.8, 4) is 21.0 Å². The van der Waals surface area contributed by atoms with Gasteiger partial charge in [0, 0.05) is 11.1 Å². The number of rotatable bonds is 6. The molecule has 2 aromatic carbocycles. The van der Waals surface area contributed by atoms with Gasteiger partial charge in [0.15, 0.2) is 15.5 Å². The van der Waals surface area contributed by atoms with Gasteiger partial charge < -0.3 is 5.11 Å². The Kier molecular flexibility index (Phi) is 6.09. The van der Waals surface area contributed by atoms with E-state index in [9.17, 15) is 26.4 Å². The van der Waals surface area contributed by atoms with E-state index in [0.29, 0.717) is 20.9 Å². The van der Waals surface area contributed by atoms with Gasteiger partial charge in [-0.1, -0.05) is 24.3 Å². The lowest BCUT2D eigenvalue weighted by atomic mass is 10.1. The van der Waals surface area contributed by atoms with Crippen LogP contribution >= 0.6 is 11.3 Å². The number of nitrogens with zero attached hydrogens (tertiary/aromatic N) is 2. The van der Waals surface area contributed by atoms with Crippen LogP contribution in [0, 0.1) is 0 Å². The average molecular weight is 507 g/mol. The molecular weight excluding hydrogens is 489 g/mol. The van der Waals surface area contributed by atoms with E-state index in [2.05, 4.69) is 5.10 Å². The fraction of sp³-hybridized carbons (Fsp3) is 0.130. The Balaban J connectivity index is 1.72. The minimum Gasteiger partial charge on any atom is -0.478 e. The quantitative estimate of drug-likeness (QED) is 0.376. The zero-order chi connectivity index (χ0) is 24.7. The summed E-state index contributed by atoms with van der Waals surface area (Å²) in [6, 6.07) is 16.5. The van der Waals surface area contributed by atoms with Gasteiger partial charge in [-0.25, -0.2) is 13.2 Å². The Bertz CT molecular complexity index is 1470. The largest absolute Gasteiger partial charge is 0.478 e. The lowest BCUT2D eigenvalue weighted by molar-refractivity contribution is -0.141. The molecule has 2 heterocycles. The first-order valence-electron chi connectivity index (χ1n) is 9.80. The summed E-state index contributed by atoms with van der Waals surface area (Å²) in [7, 11) is -3.41. The second-order valence-corrected chi connectivity index (χ2v) is 10.6. The lowest BCUT2D eigenvalue weighted by Gasteiger charge is -2.07. The molecule has 0 bridgehead atoms. The van der Waals surface area contributed by atoms with Crippen molar-refractivity contribution in [2.24, 2.45) is 0 Å². The van der Waals surface area contributed by atoms with Crippen molar-refractivity contribution >= 4 is 27.1 Å². The number of halogens is 3. The summed E-state index contributed by atoms with van der Waals surface area (Å²) < 4.78 is 65.2. The summed E-state index contributed by atoms with van der Waals surface area (Å²) in [6.45, 7) is 0.00209. The fourth-order valence-electron chi connectivity index (χ4n) is 3.31. The summed E-state index contributed by atoms with van der Waals surface area (Å²) in [4.78, 5) is 12.4. The second-order valence-electron chi connectivity index (χ2n) is 7.54. The molecular formula is C23H17F3N2O4S2. The van der Waals surface area contributed by atoms with Crippen LogP contribution in [-0.4, -0.2) is 35.5 Å². The minimum atomic E-state index is -4.64. The second kappa shape index (κ2) is 8.73. The van der Waals surface area contributed by atoms with E-state index in [4.69, 9.17) is 5.11 Å². The summed E-state index contributed by atoms with van der Waals surface area (Å²) in [5.41, 5.74) is 0.481. The smallest absolute Gasteiger partial charge is 0.435 e. The zero-order valence-corrected chi connectivity index (χ0v) is 19.2. The van der Waals surface area contributed by atoms with Crippen LogP contribution in [0.2, 0.25) is 0 Å². The molecule has 4 aromatic rings. The first-order valence-corrected chi connectivity index (χ1v) is 12.5. The van der Waals surface area contributed by atoms with E-state index in [0.717, 1.165) is 12.3 Å². The van der Waals surface area contributed by atoms with Crippen molar-refractivity contribution in [3.05, 3.63) is 83.6 Å². The molecule has 2 aromatic heterocycles. The maximum atomic E-state index is 13.4. The van der Waals surface area contributed by atoms with E-state index < -0.39 is 27.7 Å². The van der Waals surface area contributed by atoms with E-state index >= 15 is 0 Å². The molecule has 34 heavy (non-hydrogen) atoms. The van der Waals surface area contributed by atoms with Gasteiger partial charge in [0.2, 0.25) is 0 Å². The third-order valence-electron chi connectivity index (χ3n) is 5.01. The number of aromatic carboxylic acids is 1. The molecule has 0 atom stereocenters. The van der Waals surface area contributed by atoms with E-state index in [-0.39, 0.29) is 22.7 Å². The van der Waals surface area contributed by atoms with Crippen LogP contribution in [0.1, 0.15) is 21.6 Å². The highest BCUT2D eigenvalue weighted by molar-refractivity contribution is 7.90. The Morgan fingerprint density at radius 2 is 1.71 bits per heavy atom. The minimum absolute atomic E-state index is 0.00209. The van der Waals surface area contributed by atoms with Crippen LogP contribution in [0.4, 0.5) is 13.2 Å². The van der Waals surface area contributed by atoms with Gasteiger partial charge in [-0.2, -0.15) is 18.3 Å². The third-order valence-corrected chi connectivity index (χ3v) is 7.28. The van der Waals surface area contributed by atoms with Crippen molar-refractivity contribution in [1.82, 2.24) is 9.78 Å². The van der Waals surface area contributed by atoms with Crippen LogP contribution in [0.15, 0.2) is 71.6 Å². The number of aromatic nitrogens is 2. The molecule has 0 saturated carbocycles. The molecule has 0 spiro atoms. The van der Waals surface area contributed by atoms with Crippen molar-refractivity contribution in [1.29, 1.82) is 0 Å². The predicted molar refractivity (Wildman–Crippen MR) is 122 cm³/mol. The predicted octanol–water partition coefficient (Wildman–Crippen LogP) is 5.45. The van der Waals surface area contributed by atoms with E-state index in [1.165, 1.54) is 52.4 Å². The molecule has 0 aliphatic heterocycles. The lowest BCUT2D eigenvalue weighted by Crippen LogP contribution is -2.09. The molecule has 0 unspecified atom stereocenters. The number of sulfone groups is 1. The van der Waals surface area contributed by atoms with Crippen LogP contribution in [-0.2, 0) is 22.6 Å². The van der Waals surface area contributed by atoms with Crippen molar-refractivity contribution < 1.29 is 31.5 Å². The third kappa shape index (κ3) is 5.05. The molecule has 0 radical (unpaired) electrons. The summed E-state index contributed by atoms with van der Waals surface area (Å²) >= 11 is 1.21. The Morgan fingerprint density at radius 3 is 2.32 bits per heavy atom. The van der Waals surface area contributed by atoms with Crippen molar-refractivity contribution in [2.75, 3.05) is 6.26 Å². The van der Waals surface area contributed by atoms with Crippen LogP contribution in [0.25, 0.3) is 21.0 Å². The Hall–Kier alpha value is -3.44. The van der Waals surface area contributed by atoms with Gasteiger partial charge in [0.1, 0.15) is 0 Å². The highest BCUT2D eigenvalue weighted by Crippen LogP contribution is 2.38. The molecule has 11 heteroatoms. The molecule has 0 fully saturated rings. The number of hydrogen-bond acceptors (Lipinski definition) is 5. The van der Waals surface area contributed by atoms with Gasteiger partial charge in [-0.3, -0.25) is 4.68 Å². The first kappa shape index (κ1) is 23.7. The summed E-state index contributed by atoms with van der Waals surface area (Å²) in [6.07, 6.45) is -3.54. The van der Waals surface area contributed by atoms with Crippen LogP contribution < -0.4 is 0 Å². The number of alkyl halides is 3. The Labute approximate surface area is 196 Å². The van der Waals surface area contributed by atoms with Gasteiger partial charge in [-0.05, 0) is 53.6 Å². The van der Waals surface area contributed by atoms with Gasteiger partial charge >= 0.3 is 12.1 Å². The van der Waals surface area contributed by atoms with Crippen molar-refractivity contribution in [2.45, 2.75) is 17.6 Å². The molecule has 4 rings (SSSR count). The van der Waals surface area contributed by atoms with Gasteiger partial charge in [-0.15, -0.1) is 11.3 Å². The van der Waals surface area contributed by atoms with Gasteiger partial charge in [0.25, 0.3) is 0 Å². The number of benzene rings is 2. The number of carbonyl (C=O) groups is 1. The monoisotopic (exact) mass is 506 g/mol. The van der Waals surface area contributed by atoms with Gasteiger partial charge in [0.05, 0.1) is 27.6 Å². The molecule has 0 aliphatic rings. The number of carboxylic acid groups (broad SMARTS) is 1. The molecule has 6 nitrogen and oxygen atoms in total. The van der Waals surface area contributed by atoms with Crippen LogP contribution in [0.5, 0.6) is 0 Å². The molecule has 1 N–H and O–H groups in total. The number of thiophene rings is 1. The SMILES string of the molecule is CS(=O)(=O)c1cccc(-c2ccc(-c3cc(C(F)(F)F)nn3Cc3ccc(C(=O)O)cc3)s2)c1. The molecule has 0 amide bonds. The maximum absolute atomic E-state index is 13.4. The average Bonchev–Trinajstić information content (AvgIpc) is 3.41. The van der Waals surface area contributed by atoms with E-state index in [1.54, 1.807) is 24.3 Å². The standard InChI is InChI=1S/C23H17F3N2O4S2/c1-34(31,32)17-4-2-3-16(11-17)19-9-10-20(33-19)18-12-21(23(24,25)26)27-28(18)13-14-5-7-15(8-6-14)22(29)30/h2-12H,13H2,1H3,(H,29,30).